The molecular formula is C11H13BrN2O. The highest BCUT2D eigenvalue weighted by Gasteiger charge is 2.36. The molecule has 0 saturated carbocycles. The molecule has 1 aliphatic heterocycles. The Balaban J connectivity index is 2.55. The summed E-state index contributed by atoms with van der Waals surface area (Å²) in [6.45, 7) is 3.77. The van der Waals surface area contributed by atoms with E-state index in [-0.39, 0.29) is 5.91 Å². The van der Waals surface area contributed by atoms with E-state index in [0.717, 1.165) is 15.8 Å². The van der Waals surface area contributed by atoms with E-state index >= 15 is 0 Å². The highest BCUT2D eigenvalue weighted by Crippen LogP contribution is 2.35. The van der Waals surface area contributed by atoms with Crippen LogP contribution < -0.4 is 10.2 Å². The number of nitrogens with one attached hydrogen (secondary N) is 1. The number of amides is 1. The van der Waals surface area contributed by atoms with Gasteiger partial charge in [0.2, 0.25) is 0 Å². The van der Waals surface area contributed by atoms with E-state index in [4.69, 9.17) is 0 Å². The number of halogens is 1. The molecule has 0 aliphatic carbocycles. The average molecular weight is 269 g/mol. The molecular weight excluding hydrogens is 256 g/mol. The minimum absolute atomic E-state index is 0.0809. The molecule has 0 saturated heterocycles. The fraction of sp³-hybridized carbons (Fsp3) is 0.364. The molecule has 0 atom stereocenters. The molecule has 1 N–H and O–H groups in total. The molecule has 2 rings (SSSR count). The first-order valence-corrected chi connectivity index (χ1v) is 5.57. The van der Waals surface area contributed by atoms with Crippen LogP contribution in [0.2, 0.25) is 0 Å². The Morgan fingerprint density at radius 2 is 2.07 bits per heavy atom. The maximum Gasteiger partial charge on any atom is 0.251 e. The van der Waals surface area contributed by atoms with E-state index < -0.39 is 5.54 Å². The second-order valence-corrected chi connectivity index (χ2v) is 5.19. The van der Waals surface area contributed by atoms with Gasteiger partial charge in [-0.1, -0.05) is 15.9 Å². The Morgan fingerprint density at radius 1 is 1.40 bits per heavy atom. The largest absolute Gasteiger partial charge is 0.370 e. The molecule has 0 bridgehead atoms. The molecule has 1 aromatic rings. The smallest absolute Gasteiger partial charge is 0.251 e. The van der Waals surface area contributed by atoms with Crippen molar-refractivity contribution in [2.45, 2.75) is 19.4 Å². The monoisotopic (exact) mass is 268 g/mol. The molecule has 1 aliphatic rings. The molecule has 1 heterocycles. The molecule has 15 heavy (non-hydrogen) atoms. The number of carbonyl (C=O) groups excluding carboxylic acids is 1. The van der Waals surface area contributed by atoms with Crippen molar-refractivity contribution in [3.63, 3.8) is 0 Å². The SMILES string of the molecule is CN1C(=O)C(C)(C)Nc2cc(Br)ccc21. The minimum Gasteiger partial charge on any atom is -0.370 e. The molecule has 0 aromatic heterocycles. The van der Waals surface area contributed by atoms with Crippen LogP contribution in [0.5, 0.6) is 0 Å². The van der Waals surface area contributed by atoms with Crippen molar-refractivity contribution in [2.24, 2.45) is 0 Å². The average Bonchev–Trinajstić information content (AvgIpc) is 2.13. The number of hydrogen-bond donors (Lipinski definition) is 1. The molecule has 0 unspecified atom stereocenters. The van der Waals surface area contributed by atoms with Gasteiger partial charge in [-0.15, -0.1) is 0 Å². The number of hydrogen-bond acceptors (Lipinski definition) is 2. The fourth-order valence-corrected chi connectivity index (χ4v) is 2.18. The van der Waals surface area contributed by atoms with Crippen LogP contribution in [0, 0.1) is 0 Å². The summed E-state index contributed by atoms with van der Waals surface area (Å²) in [5, 5.41) is 3.24. The number of rotatable bonds is 0. The number of likely N-dealkylation sites (N-methyl/N-ethyl adjacent to an activating group) is 1. The lowest BCUT2D eigenvalue weighted by Gasteiger charge is -2.38. The van der Waals surface area contributed by atoms with Gasteiger partial charge in [-0.2, -0.15) is 0 Å². The van der Waals surface area contributed by atoms with E-state index in [1.54, 1.807) is 11.9 Å². The van der Waals surface area contributed by atoms with Crippen molar-refractivity contribution in [1.29, 1.82) is 0 Å². The van der Waals surface area contributed by atoms with Crippen molar-refractivity contribution < 1.29 is 4.79 Å². The van der Waals surface area contributed by atoms with Gasteiger partial charge in [-0.25, -0.2) is 0 Å². The van der Waals surface area contributed by atoms with Crippen molar-refractivity contribution >= 4 is 33.2 Å². The number of benzene rings is 1. The molecule has 0 radical (unpaired) electrons. The lowest BCUT2D eigenvalue weighted by atomic mass is 9.99. The van der Waals surface area contributed by atoms with Gasteiger partial charge in [0.25, 0.3) is 5.91 Å². The summed E-state index contributed by atoms with van der Waals surface area (Å²) in [7, 11) is 1.80. The highest BCUT2D eigenvalue weighted by molar-refractivity contribution is 9.10. The van der Waals surface area contributed by atoms with Crippen LogP contribution in [0.25, 0.3) is 0 Å². The van der Waals surface area contributed by atoms with E-state index in [0.29, 0.717) is 0 Å². The van der Waals surface area contributed by atoms with Crippen LogP contribution in [0.15, 0.2) is 22.7 Å². The molecule has 80 valence electrons. The Hall–Kier alpha value is -1.03. The Kier molecular flexibility index (Phi) is 2.26. The lowest BCUT2D eigenvalue weighted by Crippen LogP contribution is -2.52. The van der Waals surface area contributed by atoms with Gasteiger partial charge in [0.1, 0.15) is 5.54 Å². The number of anilines is 2. The number of nitrogens with zero attached hydrogens (tertiary/aromatic N) is 1. The molecule has 4 heteroatoms. The third-order valence-electron chi connectivity index (χ3n) is 2.61. The highest BCUT2D eigenvalue weighted by atomic mass is 79.9. The third kappa shape index (κ3) is 1.63. The van der Waals surface area contributed by atoms with Gasteiger partial charge >= 0.3 is 0 Å². The first-order chi connectivity index (χ1) is 6.92. The van der Waals surface area contributed by atoms with E-state index in [9.17, 15) is 4.79 Å². The topological polar surface area (TPSA) is 32.3 Å². The van der Waals surface area contributed by atoms with Gasteiger partial charge in [0.05, 0.1) is 11.4 Å². The number of carbonyl (C=O) groups is 1. The van der Waals surface area contributed by atoms with Crippen LogP contribution in [0.3, 0.4) is 0 Å². The zero-order chi connectivity index (χ0) is 11.2. The van der Waals surface area contributed by atoms with Gasteiger partial charge < -0.3 is 10.2 Å². The summed E-state index contributed by atoms with van der Waals surface area (Å²) in [6.07, 6.45) is 0. The maximum atomic E-state index is 11.9. The molecule has 1 aromatic carbocycles. The normalized spacial score (nSPS) is 18.4. The predicted molar refractivity (Wildman–Crippen MR) is 65.3 cm³/mol. The maximum absolute atomic E-state index is 11.9. The van der Waals surface area contributed by atoms with Gasteiger partial charge in [0.15, 0.2) is 0 Å². The summed E-state index contributed by atoms with van der Waals surface area (Å²) < 4.78 is 1.01. The predicted octanol–water partition coefficient (Wildman–Crippen LogP) is 2.62. The summed E-state index contributed by atoms with van der Waals surface area (Å²) in [6, 6.07) is 5.85. The zero-order valence-electron chi connectivity index (χ0n) is 8.97. The Bertz CT molecular complexity index is 429. The Labute approximate surface area is 97.6 Å². The first kappa shape index (κ1) is 10.5. The number of fused-ring (bicyclic) bond motifs is 1. The quantitative estimate of drug-likeness (QED) is 0.785. The van der Waals surface area contributed by atoms with Crippen LogP contribution in [-0.2, 0) is 4.79 Å². The van der Waals surface area contributed by atoms with E-state index in [1.165, 1.54) is 0 Å². The summed E-state index contributed by atoms with van der Waals surface area (Å²) in [5.41, 5.74) is 1.36. The third-order valence-corrected chi connectivity index (χ3v) is 3.10. The van der Waals surface area contributed by atoms with Crippen LogP contribution in [0.1, 0.15) is 13.8 Å². The minimum atomic E-state index is -0.539. The van der Waals surface area contributed by atoms with E-state index in [1.807, 2.05) is 32.0 Å². The molecule has 1 amide bonds. The first-order valence-electron chi connectivity index (χ1n) is 4.78. The zero-order valence-corrected chi connectivity index (χ0v) is 10.6. The van der Waals surface area contributed by atoms with Crippen molar-refractivity contribution in [3.05, 3.63) is 22.7 Å². The van der Waals surface area contributed by atoms with Gasteiger partial charge in [0, 0.05) is 11.5 Å². The second-order valence-electron chi connectivity index (χ2n) is 4.28. The molecule has 0 spiro atoms. The van der Waals surface area contributed by atoms with Crippen LogP contribution in [0.4, 0.5) is 11.4 Å². The molecule has 0 fully saturated rings. The summed E-state index contributed by atoms with van der Waals surface area (Å²) in [5.74, 6) is 0.0809. The van der Waals surface area contributed by atoms with Crippen molar-refractivity contribution in [1.82, 2.24) is 0 Å². The van der Waals surface area contributed by atoms with Crippen molar-refractivity contribution in [2.75, 3.05) is 17.3 Å². The Morgan fingerprint density at radius 3 is 2.73 bits per heavy atom. The standard InChI is InChI=1S/C11H13BrN2O/c1-11(2)10(15)14(3)9-5-4-7(12)6-8(9)13-11/h4-6,13H,1-3H3. The second kappa shape index (κ2) is 3.23. The fourth-order valence-electron chi connectivity index (χ4n) is 1.82. The van der Waals surface area contributed by atoms with Crippen molar-refractivity contribution in [3.8, 4) is 0 Å². The summed E-state index contributed by atoms with van der Waals surface area (Å²) >= 11 is 3.42. The van der Waals surface area contributed by atoms with Crippen LogP contribution in [-0.4, -0.2) is 18.5 Å². The van der Waals surface area contributed by atoms with Gasteiger partial charge in [-0.3, -0.25) is 4.79 Å². The van der Waals surface area contributed by atoms with Crippen LogP contribution >= 0.6 is 15.9 Å². The van der Waals surface area contributed by atoms with Gasteiger partial charge in [-0.05, 0) is 32.0 Å². The van der Waals surface area contributed by atoms with E-state index in [2.05, 4.69) is 21.2 Å². The lowest BCUT2D eigenvalue weighted by molar-refractivity contribution is -0.121. The molecule has 3 nitrogen and oxygen atoms in total. The summed E-state index contributed by atoms with van der Waals surface area (Å²) in [4.78, 5) is 13.6.